The lowest BCUT2D eigenvalue weighted by atomic mass is 10.2. The molecule has 2 aromatic rings. The molecule has 168 valence electrons. The molecule has 0 spiro atoms. The molecule has 1 unspecified atom stereocenters. The van der Waals surface area contributed by atoms with Crippen LogP contribution in [-0.4, -0.2) is 37.4 Å². The summed E-state index contributed by atoms with van der Waals surface area (Å²) >= 11 is 0. The Kier molecular flexibility index (Phi) is 12.1. The van der Waals surface area contributed by atoms with Crippen molar-refractivity contribution in [2.75, 3.05) is 19.7 Å². The Balaban J connectivity index is 0.00000450. The monoisotopic (exact) mass is 539 g/mol. The molecular formula is C20H28F2IN3O4. The number of nitrogens with zero attached hydrogens (tertiary/aromatic N) is 1. The van der Waals surface area contributed by atoms with Crippen LogP contribution in [0.4, 0.5) is 8.78 Å². The standard InChI is InChI=1S/C20H27F2N3O4.HI/c1-3-9-27-15-8-7-14(18(11-15)29-19(21)22)12-24-20(23-4-2)25-13-16(26)17-6-5-10-28-17;/h5-8,10-11,16,19,26H,3-4,9,12-13H2,1-2H3,(H2,23,24,25);1H. The van der Waals surface area contributed by atoms with Crippen molar-refractivity contribution in [1.82, 2.24) is 10.6 Å². The number of aliphatic hydroxyl groups excluding tert-OH is 1. The third-order valence-electron chi connectivity index (χ3n) is 3.81. The van der Waals surface area contributed by atoms with Gasteiger partial charge >= 0.3 is 6.61 Å². The van der Waals surface area contributed by atoms with Gasteiger partial charge in [0.05, 0.1) is 26.0 Å². The predicted molar refractivity (Wildman–Crippen MR) is 121 cm³/mol. The van der Waals surface area contributed by atoms with Crippen LogP contribution in [0.15, 0.2) is 46.0 Å². The number of aliphatic imine (C=N–C) groups is 1. The summed E-state index contributed by atoms with van der Waals surface area (Å²) in [7, 11) is 0. The maximum absolute atomic E-state index is 12.8. The molecule has 0 radical (unpaired) electrons. The Morgan fingerprint density at radius 2 is 2.03 bits per heavy atom. The summed E-state index contributed by atoms with van der Waals surface area (Å²) in [6.45, 7) is 2.24. The molecule has 0 saturated heterocycles. The molecule has 0 bridgehead atoms. The molecule has 2 rings (SSSR count). The fraction of sp³-hybridized carbons (Fsp3) is 0.450. The smallest absolute Gasteiger partial charge is 0.387 e. The molecular weight excluding hydrogens is 511 g/mol. The number of guanidine groups is 1. The molecule has 30 heavy (non-hydrogen) atoms. The van der Waals surface area contributed by atoms with E-state index < -0.39 is 12.7 Å². The van der Waals surface area contributed by atoms with Crippen LogP contribution in [0, 0.1) is 0 Å². The van der Waals surface area contributed by atoms with Crippen LogP contribution in [0.3, 0.4) is 0 Å². The second-order valence-electron chi connectivity index (χ2n) is 6.10. The van der Waals surface area contributed by atoms with E-state index in [-0.39, 0.29) is 42.8 Å². The fourth-order valence-electron chi connectivity index (χ4n) is 2.46. The minimum atomic E-state index is -2.95. The maximum Gasteiger partial charge on any atom is 0.387 e. The van der Waals surface area contributed by atoms with Gasteiger partial charge in [0.1, 0.15) is 23.4 Å². The van der Waals surface area contributed by atoms with Crippen molar-refractivity contribution >= 4 is 29.9 Å². The Bertz CT molecular complexity index is 761. The van der Waals surface area contributed by atoms with Crippen molar-refractivity contribution in [3.05, 3.63) is 47.9 Å². The first-order chi connectivity index (χ1) is 14.0. The normalized spacial score (nSPS) is 12.3. The molecule has 1 aromatic heterocycles. The first-order valence-corrected chi connectivity index (χ1v) is 9.47. The molecule has 0 fully saturated rings. The summed E-state index contributed by atoms with van der Waals surface area (Å²) in [5.41, 5.74) is 0.484. The van der Waals surface area contributed by atoms with Gasteiger partial charge in [-0.25, -0.2) is 4.99 Å². The summed E-state index contributed by atoms with van der Waals surface area (Å²) < 4.78 is 40.8. The number of halogens is 3. The van der Waals surface area contributed by atoms with Crippen molar-refractivity contribution in [1.29, 1.82) is 0 Å². The molecule has 0 saturated carbocycles. The van der Waals surface area contributed by atoms with E-state index in [1.54, 1.807) is 24.3 Å². The second-order valence-corrected chi connectivity index (χ2v) is 6.10. The Hall–Kier alpha value is -2.08. The summed E-state index contributed by atoms with van der Waals surface area (Å²) in [5.74, 6) is 1.33. The number of hydrogen-bond donors (Lipinski definition) is 3. The largest absolute Gasteiger partial charge is 0.493 e. The SMILES string of the molecule is CCCOc1ccc(CN=C(NCC)NCC(O)c2ccco2)c(OC(F)F)c1.I. The summed E-state index contributed by atoms with van der Waals surface area (Å²) in [6.07, 6.45) is 1.44. The lowest BCUT2D eigenvalue weighted by molar-refractivity contribution is -0.0505. The minimum Gasteiger partial charge on any atom is -0.493 e. The number of nitrogens with one attached hydrogen (secondary N) is 2. The summed E-state index contributed by atoms with van der Waals surface area (Å²) in [6, 6.07) is 8.14. The fourth-order valence-corrected chi connectivity index (χ4v) is 2.46. The average molecular weight is 539 g/mol. The van der Waals surface area contributed by atoms with Gasteiger partial charge in [0.2, 0.25) is 0 Å². The van der Waals surface area contributed by atoms with Crippen molar-refractivity contribution in [2.24, 2.45) is 4.99 Å². The van der Waals surface area contributed by atoms with E-state index in [1.807, 2.05) is 13.8 Å². The lowest BCUT2D eigenvalue weighted by Crippen LogP contribution is -2.39. The molecule has 7 nitrogen and oxygen atoms in total. The number of aliphatic hydroxyl groups is 1. The summed E-state index contributed by atoms with van der Waals surface area (Å²) in [4.78, 5) is 4.38. The Labute approximate surface area is 191 Å². The third-order valence-corrected chi connectivity index (χ3v) is 3.81. The number of alkyl halides is 2. The quantitative estimate of drug-likeness (QED) is 0.227. The first kappa shape index (κ1) is 26.0. The Morgan fingerprint density at radius 1 is 1.23 bits per heavy atom. The molecule has 1 atom stereocenters. The van der Waals surface area contributed by atoms with Crippen LogP contribution in [0.25, 0.3) is 0 Å². The highest BCUT2D eigenvalue weighted by Crippen LogP contribution is 2.27. The highest BCUT2D eigenvalue weighted by atomic mass is 127. The number of furan rings is 1. The van der Waals surface area contributed by atoms with Gasteiger partial charge in [0, 0.05) is 18.2 Å². The van der Waals surface area contributed by atoms with Crippen LogP contribution in [-0.2, 0) is 6.54 Å². The van der Waals surface area contributed by atoms with Crippen LogP contribution < -0.4 is 20.1 Å². The molecule has 3 N–H and O–H groups in total. The zero-order chi connectivity index (χ0) is 21.1. The van der Waals surface area contributed by atoms with E-state index in [1.165, 1.54) is 12.3 Å². The highest BCUT2D eigenvalue weighted by Gasteiger charge is 2.13. The van der Waals surface area contributed by atoms with Crippen LogP contribution in [0.5, 0.6) is 11.5 Å². The van der Waals surface area contributed by atoms with Gasteiger partial charge in [-0.05, 0) is 37.6 Å². The second kappa shape index (κ2) is 14.0. The zero-order valence-electron chi connectivity index (χ0n) is 16.9. The number of benzene rings is 1. The van der Waals surface area contributed by atoms with Gasteiger partial charge in [-0.15, -0.1) is 24.0 Å². The molecule has 0 aliphatic heterocycles. The van der Waals surface area contributed by atoms with Gasteiger partial charge in [-0.1, -0.05) is 6.92 Å². The zero-order valence-corrected chi connectivity index (χ0v) is 19.3. The highest BCUT2D eigenvalue weighted by molar-refractivity contribution is 14.0. The van der Waals surface area contributed by atoms with Crippen LogP contribution >= 0.6 is 24.0 Å². The lowest BCUT2D eigenvalue weighted by Gasteiger charge is -2.15. The van der Waals surface area contributed by atoms with Gasteiger partial charge in [0.25, 0.3) is 0 Å². The molecule has 0 amide bonds. The van der Waals surface area contributed by atoms with E-state index in [0.717, 1.165) is 6.42 Å². The van der Waals surface area contributed by atoms with Gasteiger partial charge in [0.15, 0.2) is 5.96 Å². The number of hydrogen-bond acceptors (Lipinski definition) is 5. The average Bonchev–Trinajstić information content (AvgIpc) is 3.23. The minimum absolute atomic E-state index is 0. The van der Waals surface area contributed by atoms with E-state index in [0.29, 0.717) is 36.2 Å². The molecule has 0 aliphatic carbocycles. The van der Waals surface area contributed by atoms with Crippen molar-refractivity contribution in [2.45, 2.75) is 39.5 Å². The van der Waals surface area contributed by atoms with E-state index in [2.05, 4.69) is 20.4 Å². The number of ether oxygens (including phenoxy) is 2. The van der Waals surface area contributed by atoms with E-state index in [4.69, 9.17) is 9.15 Å². The van der Waals surface area contributed by atoms with Gasteiger partial charge in [-0.2, -0.15) is 8.78 Å². The molecule has 1 heterocycles. The van der Waals surface area contributed by atoms with Crippen molar-refractivity contribution < 1.29 is 27.8 Å². The topological polar surface area (TPSA) is 88.2 Å². The summed E-state index contributed by atoms with van der Waals surface area (Å²) in [5, 5.41) is 16.1. The Morgan fingerprint density at radius 3 is 2.67 bits per heavy atom. The first-order valence-electron chi connectivity index (χ1n) is 9.47. The van der Waals surface area contributed by atoms with E-state index >= 15 is 0 Å². The van der Waals surface area contributed by atoms with E-state index in [9.17, 15) is 13.9 Å². The molecule has 0 aliphatic rings. The predicted octanol–water partition coefficient (Wildman–Crippen LogP) is 4.08. The van der Waals surface area contributed by atoms with Gasteiger partial charge in [-0.3, -0.25) is 0 Å². The van der Waals surface area contributed by atoms with Crippen molar-refractivity contribution in [3.8, 4) is 11.5 Å². The van der Waals surface area contributed by atoms with Crippen LogP contribution in [0.1, 0.15) is 37.7 Å². The van der Waals surface area contributed by atoms with Gasteiger partial charge < -0.3 is 29.6 Å². The molecule has 10 heteroatoms. The maximum atomic E-state index is 12.8. The molecule has 1 aromatic carbocycles. The third kappa shape index (κ3) is 8.74. The van der Waals surface area contributed by atoms with Crippen LogP contribution in [0.2, 0.25) is 0 Å². The van der Waals surface area contributed by atoms with Crippen molar-refractivity contribution in [3.63, 3.8) is 0 Å². The number of rotatable bonds is 11.